The van der Waals surface area contributed by atoms with Crippen molar-refractivity contribution in [2.45, 2.75) is 26.2 Å². The van der Waals surface area contributed by atoms with Crippen LogP contribution in [0.15, 0.2) is 83.3 Å². The van der Waals surface area contributed by atoms with Gasteiger partial charge in [-0.3, -0.25) is 0 Å². The van der Waals surface area contributed by atoms with Crippen LogP contribution in [-0.4, -0.2) is 0 Å². The summed E-state index contributed by atoms with van der Waals surface area (Å²) in [5, 5.41) is 0. The van der Waals surface area contributed by atoms with Crippen molar-refractivity contribution in [1.29, 1.82) is 0 Å². The minimum absolute atomic E-state index is 0.111. The summed E-state index contributed by atoms with van der Waals surface area (Å²) >= 11 is 0. The van der Waals surface area contributed by atoms with E-state index in [2.05, 4.69) is 75.4 Å². The molecule has 0 saturated heterocycles. The summed E-state index contributed by atoms with van der Waals surface area (Å²) in [4.78, 5) is 0. The van der Waals surface area contributed by atoms with Crippen LogP contribution in [0.1, 0.15) is 26.3 Å². The summed E-state index contributed by atoms with van der Waals surface area (Å²) < 4.78 is 6.39. The molecule has 2 aliphatic rings. The monoisotopic (exact) mass is 326 g/mol. The molecule has 2 aromatic carbocycles. The average molecular weight is 326 g/mol. The Balaban J connectivity index is 1.99. The molecule has 0 N–H and O–H groups in total. The maximum atomic E-state index is 6.39. The third-order valence-corrected chi connectivity index (χ3v) is 4.63. The molecule has 0 amide bonds. The fourth-order valence-corrected chi connectivity index (χ4v) is 3.16. The maximum absolute atomic E-state index is 6.39. The predicted molar refractivity (Wildman–Crippen MR) is 105 cm³/mol. The summed E-state index contributed by atoms with van der Waals surface area (Å²) in [5.74, 6) is 1.84. The summed E-state index contributed by atoms with van der Waals surface area (Å²) in [5.41, 5.74) is 6.06. The Kier molecular flexibility index (Phi) is 3.73. The molecule has 0 fully saturated rings. The molecule has 0 radical (unpaired) electrons. The van der Waals surface area contributed by atoms with Gasteiger partial charge in [0.05, 0.1) is 0 Å². The third kappa shape index (κ3) is 2.98. The van der Waals surface area contributed by atoms with Gasteiger partial charge in [-0.15, -0.1) is 0 Å². The third-order valence-electron chi connectivity index (χ3n) is 4.63. The molecule has 0 saturated carbocycles. The fourth-order valence-electron chi connectivity index (χ4n) is 3.16. The van der Waals surface area contributed by atoms with Gasteiger partial charge < -0.3 is 4.42 Å². The highest BCUT2D eigenvalue weighted by molar-refractivity contribution is 5.85. The molecule has 124 valence electrons. The van der Waals surface area contributed by atoms with E-state index >= 15 is 0 Å². The lowest BCUT2D eigenvalue weighted by atomic mass is 9.89. The lowest BCUT2D eigenvalue weighted by molar-refractivity contribution is 0.583. The molecule has 1 nitrogen and oxygen atoms in total. The van der Waals surface area contributed by atoms with Crippen molar-refractivity contribution in [2.75, 3.05) is 0 Å². The van der Waals surface area contributed by atoms with Crippen LogP contribution in [0.25, 0.3) is 33.8 Å². The van der Waals surface area contributed by atoms with Gasteiger partial charge in [-0.25, -0.2) is 0 Å². The van der Waals surface area contributed by atoms with Crippen LogP contribution in [0.2, 0.25) is 0 Å². The Hall–Kier alpha value is -2.80. The molecular formula is C24H22O. The molecular weight excluding hydrogens is 304 g/mol. The summed E-state index contributed by atoms with van der Waals surface area (Å²) in [7, 11) is 0. The molecule has 0 spiro atoms. The summed E-state index contributed by atoms with van der Waals surface area (Å²) in [6.07, 6.45) is 0. The lowest BCUT2D eigenvalue weighted by Crippen LogP contribution is -2.08. The first-order valence-electron chi connectivity index (χ1n) is 8.71. The Bertz CT molecular complexity index is 956. The van der Waals surface area contributed by atoms with Gasteiger partial charge in [0.25, 0.3) is 0 Å². The zero-order valence-corrected chi connectivity index (χ0v) is 14.9. The van der Waals surface area contributed by atoms with Gasteiger partial charge in [0.1, 0.15) is 11.5 Å². The lowest BCUT2D eigenvalue weighted by Gasteiger charge is -2.16. The standard InChI is InChI=1S/C24H22O/c1-24(2,3)20-14-19-15-22(17-10-6-4-7-11-17)25-23(21(19)16-20)18-12-8-5-9-13-18/h4-16H,1-3H3. The summed E-state index contributed by atoms with van der Waals surface area (Å²) in [6.45, 7) is 6.75. The van der Waals surface area contributed by atoms with Crippen molar-refractivity contribution < 1.29 is 4.42 Å². The molecule has 25 heavy (non-hydrogen) atoms. The van der Waals surface area contributed by atoms with E-state index in [9.17, 15) is 0 Å². The first kappa shape index (κ1) is 15.7. The Labute approximate surface area is 149 Å². The number of hydrogen-bond acceptors (Lipinski definition) is 1. The summed E-state index contributed by atoms with van der Waals surface area (Å²) in [6, 6.07) is 27.4. The van der Waals surface area contributed by atoms with Crippen LogP contribution in [0.3, 0.4) is 0 Å². The van der Waals surface area contributed by atoms with E-state index in [1.165, 1.54) is 16.7 Å². The number of rotatable bonds is 2. The quantitative estimate of drug-likeness (QED) is 0.386. The minimum atomic E-state index is 0.111. The van der Waals surface area contributed by atoms with E-state index in [0.717, 1.165) is 22.6 Å². The van der Waals surface area contributed by atoms with Crippen molar-refractivity contribution in [3.8, 4) is 33.8 Å². The van der Waals surface area contributed by atoms with Gasteiger partial charge in [0.2, 0.25) is 0 Å². The smallest absolute Gasteiger partial charge is 0.142 e. The highest BCUT2D eigenvalue weighted by Crippen LogP contribution is 2.42. The molecule has 4 rings (SSSR count). The Morgan fingerprint density at radius 3 is 1.84 bits per heavy atom. The van der Waals surface area contributed by atoms with Crippen molar-refractivity contribution in [3.05, 3.63) is 84.4 Å². The van der Waals surface area contributed by atoms with Crippen LogP contribution in [-0.2, 0) is 5.41 Å². The van der Waals surface area contributed by atoms with E-state index < -0.39 is 0 Å². The molecule has 0 unspecified atom stereocenters. The average Bonchev–Trinajstić information content (AvgIpc) is 3.07. The first-order valence-corrected chi connectivity index (χ1v) is 8.71. The fraction of sp³-hybridized carbons (Fsp3) is 0.167. The number of fused-ring (bicyclic) bond motifs is 1. The molecule has 0 bridgehead atoms. The van der Waals surface area contributed by atoms with E-state index in [0.29, 0.717) is 0 Å². The normalized spacial score (nSPS) is 11.8. The van der Waals surface area contributed by atoms with Crippen LogP contribution in [0, 0.1) is 0 Å². The number of hydrogen-bond donors (Lipinski definition) is 0. The SMILES string of the molecule is CC(C)(C)c1cc2cc(-c3ccccc3)oc(-c3ccccc3)c-2c1. The molecule has 1 aliphatic carbocycles. The Morgan fingerprint density at radius 2 is 1.24 bits per heavy atom. The van der Waals surface area contributed by atoms with Crippen molar-refractivity contribution in [3.63, 3.8) is 0 Å². The van der Waals surface area contributed by atoms with Crippen LogP contribution >= 0.6 is 0 Å². The molecule has 1 aliphatic heterocycles. The van der Waals surface area contributed by atoms with Crippen LogP contribution in [0.4, 0.5) is 0 Å². The van der Waals surface area contributed by atoms with E-state index in [-0.39, 0.29) is 5.41 Å². The highest BCUT2D eigenvalue weighted by atomic mass is 16.3. The molecule has 1 heteroatoms. The van der Waals surface area contributed by atoms with Gasteiger partial charge in [0.15, 0.2) is 0 Å². The molecule has 0 atom stereocenters. The molecule has 2 aromatic rings. The van der Waals surface area contributed by atoms with Crippen LogP contribution < -0.4 is 0 Å². The van der Waals surface area contributed by atoms with Gasteiger partial charge in [-0.1, -0.05) is 87.5 Å². The topological polar surface area (TPSA) is 13.1 Å². The second kappa shape index (κ2) is 5.93. The van der Waals surface area contributed by atoms with Gasteiger partial charge in [-0.05, 0) is 28.7 Å². The first-order chi connectivity index (χ1) is 12.0. The Morgan fingerprint density at radius 1 is 0.640 bits per heavy atom. The second-order valence-corrected chi connectivity index (χ2v) is 7.53. The van der Waals surface area contributed by atoms with Crippen LogP contribution in [0.5, 0.6) is 0 Å². The zero-order valence-electron chi connectivity index (χ0n) is 14.9. The highest BCUT2D eigenvalue weighted by Gasteiger charge is 2.22. The van der Waals surface area contributed by atoms with E-state index in [1.807, 2.05) is 24.3 Å². The van der Waals surface area contributed by atoms with Gasteiger partial charge >= 0.3 is 0 Å². The molecule has 1 heterocycles. The maximum Gasteiger partial charge on any atom is 0.142 e. The van der Waals surface area contributed by atoms with Crippen molar-refractivity contribution >= 4 is 0 Å². The predicted octanol–water partition coefficient (Wildman–Crippen LogP) is 7.02. The van der Waals surface area contributed by atoms with E-state index in [4.69, 9.17) is 4.42 Å². The number of benzene rings is 2. The van der Waals surface area contributed by atoms with E-state index in [1.54, 1.807) is 0 Å². The van der Waals surface area contributed by atoms with Gasteiger partial charge in [0, 0.05) is 16.7 Å². The van der Waals surface area contributed by atoms with Crippen molar-refractivity contribution in [1.82, 2.24) is 0 Å². The largest absolute Gasteiger partial charge is 0.455 e. The minimum Gasteiger partial charge on any atom is -0.455 e. The van der Waals surface area contributed by atoms with Gasteiger partial charge in [-0.2, -0.15) is 0 Å². The zero-order chi connectivity index (χ0) is 17.4. The second-order valence-electron chi connectivity index (χ2n) is 7.53. The molecule has 0 aromatic heterocycles. The van der Waals surface area contributed by atoms with Crippen molar-refractivity contribution in [2.24, 2.45) is 0 Å².